The van der Waals surface area contributed by atoms with Crippen molar-refractivity contribution < 1.29 is 9.53 Å². The first-order chi connectivity index (χ1) is 11.6. The quantitative estimate of drug-likeness (QED) is 0.846. The van der Waals surface area contributed by atoms with Crippen LogP contribution < -0.4 is 10.1 Å². The molecule has 4 nitrogen and oxygen atoms in total. The highest BCUT2D eigenvalue weighted by Crippen LogP contribution is 2.38. The van der Waals surface area contributed by atoms with Crippen LogP contribution in [0.3, 0.4) is 0 Å². The largest absolute Gasteiger partial charge is 0.484 e. The molecule has 128 valence electrons. The van der Waals surface area contributed by atoms with Gasteiger partial charge >= 0.3 is 0 Å². The molecule has 1 heterocycles. The van der Waals surface area contributed by atoms with Gasteiger partial charge in [0.1, 0.15) is 5.75 Å². The van der Waals surface area contributed by atoms with Crippen LogP contribution in [0.1, 0.15) is 41.4 Å². The zero-order valence-electron chi connectivity index (χ0n) is 14.8. The van der Waals surface area contributed by atoms with Crippen molar-refractivity contribution in [1.29, 1.82) is 0 Å². The second kappa shape index (κ2) is 7.12. The fourth-order valence-corrected chi connectivity index (χ4v) is 3.24. The number of hydrogen-bond donors (Lipinski definition) is 1. The summed E-state index contributed by atoms with van der Waals surface area (Å²) in [6.07, 6.45) is 3.45. The Hall–Kier alpha value is -2.23. The van der Waals surface area contributed by atoms with Gasteiger partial charge in [0.2, 0.25) is 0 Å². The summed E-state index contributed by atoms with van der Waals surface area (Å²) in [7, 11) is 0. The normalized spacial score (nSPS) is 13.8. The number of ether oxygens (including phenoxy) is 1. The van der Waals surface area contributed by atoms with Gasteiger partial charge in [0.15, 0.2) is 6.61 Å². The molecule has 24 heavy (non-hydrogen) atoms. The fourth-order valence-electron chi connectivity index (χ4n) is 3.24. The van der Waals surface area contributed by atoms with Crippen LogP contribution in [0.4, 0.5) is 0 Å². The Labute approximate surface area is 143 Å². The van der Waals surface area contributed by atoms with Crippen molar-refractivity contribution in [1.82, 2.24) is 9.88 Å². The maximum absolute atomic E-state index is 12.0. The standard InChI is InChI=1S/C20H26N2O2/c1-14-6-4-5-7-19(14)24-13-20(23)21-11-10-17-12-15(2)22(16(17)3)18-8-9-18/h4-7,12,18H,8-11,13H2,1-3H3,(H,21,23). The number of rotatable bonds is 7. The van der Waals surface area contributed by atoms with E-state index in [4.69, 9.17) is 4.74 Å². The number of nitrogens with one attached hydrogen (secondary N) is 1. The van der Waals surface area contributed by atoms with Crippen LogP contribution in [0.2, 0.25) is 0 Å². The van der Waals surface area contributed by atoms with Gasteiger partial charge in [-0.2, -0.15) is 0 Å². The molecule has 1 amide bonds. The van der Waals surface area contributed by atoms with E-state index in [9.17, 15) is 4.79 Å². The van der Waals surface area contributed by atoms with Gasteiger partial charge in [0, 0.05) is 24.0 Å². The van der Waals surface area contributed by atoms with Crippen LogP contribution in [-0.4, -0.2) is 23.6 Å². The van der Waals surface area contributed by atoms with E-state index in [2.05, 4.69) is 29.8 Å². The summed E-state index contributed by atoms with van der Waals surface area (Å²) >= 11 is 0. The van der Waals surface area contributed by atoms with Crippen molar-refractivity contribution in [3.05, 3.63) is 52.8 Å². The first-order valence-corrected chi connectivity index (χ1v) is 8.68. The highest BCUT2D eigenvalue weighted by molar-refractivity contribution is 5.77. The maximum Gasteiger partial charge on any atom is 0.257 e. The topological polar surface area (TPSA) is 43.3 Å². The molecular weight excluding hydrogens is 300 g/mol. The average molecular weight is 326 g/mol. The van der Waals surface area contributed by atoms with Gasteiger partial charge in [-0.1, -0.05) is 18.2 Å². The average Bonchev–Trinajstić information content (AvgIpc) is 3.34. The minimum Gasteiger partial charge on any atom is -0.484 e. The molecule has 0 saturated heterocycles. The smallest absolute Gasteiger partial charge is 0.257 e. The number of nitrogens with zero attached hydrogens (tertiary/aromatic N) is 1. The Morgan fingerprint density at radius 1 is 1.25 bits per heavy atom. The molecule has 1 aromatic carbocycles. The molecule has 1 aliphatic rings. The van der Waals surface area contributed by atoms with Crippen LogP contribution in [0.5, 0.6) is 5.75 Å². The van der Waals surface area contributed by atoms with Crippen LogP contribution in [0, 0.1) is 20.8 Å². The van der Waals surface area contributed by atoms with Crippen LogP contribution in [-0.2, 0) is 11.2 Å². The number of aromatic nitrogens is 1. The highest BCUT2D eigenvalue weighted by atomic mass is 16.5. The highest BCUT2D eigenvalue weighted by Gasteiger charge is 2.26. The molecule has 1 aromatic heterocycles. The number of carbonyl (C=O) groups excluding carboxylic acids is 1. The predicted molar refractivity (Wildman–Crippen MR) is 95.6 cm³/mol. The van der Waals surface area contributed by atoms with Crippen LogP contribution in [0.15, 0.2) is 30.3 Å². The summed E-state index contributed by atoms with van der Waals surface area (Å²) in [6.45, 7) is 7.03. The van der Waals surface area contributed by atoms with E-state index in [1.807, 2.05) is 31.2 Å². The van der Waals surface area contributed by atoms with Gasteiger partial charge in [0.05, 0.1) is 0 Å². The second-order valence-electron chi connectivity index (χ2n) is 6.65. The lowest BCUT2D eigenvalue weighted by Gasteiger charge is -2.10. The van der Waals surface area contributed by atoms with Gasteiger partial charge in [-0.15, -0.1) is 0 Å². The Balaban J connectivity index is 1.45. The maximum atomic E-state index is 12.0. The molecule has 0 radical (unpaired) electrons. The van der Waals surface area contributed by atoms with E-state index >= 15 is 0 Å². The lowest BCUT2D eigenvalue weighted by atomic mass is 10.2. The number of carbonyl (C=O) groups is 1. The molecule has 1 fully saturated rings. The summed E-state index contributed by atoms with van der Waals surface area (Å²) in [5.41, 5.74) is 5.05. The molecule has 2 aromatic rings. The van der Waals surface area contributed by atoms with Crippen molar-refractivity contribution in [3.8, 4) is 5.75 Å². The van der Waals surface area contributed by atoms with E-state index in [1.54, 1.807) is 0 Å². The van der Waals surface area contributed by atoms with Crippen molar-refractivity contribution in [3.63, 3.8) is 0 Å². The van der Waals surface area contributed by atoms with Crippen LogP contribution >= 0.6 is 0 Å². The Morgan fingerprint density at radius 2 is 2.00 bits per heavy atom. The minimum atomic E-state index is -0.0748. The second-order valence-corrected chi connectivity index (χ2v) is 6.65. The van der Waals surface area contributed by atoms with Crippen molar-refractivity contribution in [2.24, 2.45) is 0 Å². The van der Waals surface area contributed by atoms with Crippen molar-refractivity contribution in [2.75, 3.05) is 13.2 Å². The zero-order valence-corrected chi connectivity index (χ0v) is 14.8. The molecule has 0 bridgehead atoms. The van der Waals surface area contributed by atoms with E-state index in [0.29, 0.717) is 12.6 Å². The number of amides is 1. The monoisotopic (exact) mass is 326 g/mol. The lowest BCUT2D eigenvalue weighted by Crippen LogP contribution is -2.30. The molecule has 0 unspecified atom stereocenters. The number of para-hydroxylation sites is 1. The van der Waals surface area contributed by atoms with Crippen LogP contribution in [0.25, 0.3) is 0 Å². The van der Waals surface area contributed by atoms with E-state index in [-0.39, 0.29) is 12.5 Å². The molecular formula is C20H26N2O2. The number of benzene rings is 1. The summed E-state index contributed by atoms with van der Waals surface area (Å²) in [5, 5.41) is 2.95. The zero-order chi connectivity index (χ0) is 17.1. The number of aryl methyl sites for hydroxylation is 2. The SMILES string of the molecule is Cc1ccccc1OCC(=O)NCCc1cc(C)n(C2CC2)c1C. The van der Waals surface area contributed by atoms with Gasteiger partial charge in [-0.3, -0.25) is 4.79 Å². The molecule has 1 aliphatic carbocycles. The third-order valence-corrected chi connectivity index (χ3v) is 4.67. The summed E-state index contributed by atoms with van der Waals surface area (Å²) < 4.78 is 8.01. The summed E-state index contributed by atoms with van der Waals surface area (Å²) in [5.74, 6) is 0.690. The Morgan fingerprint density at radius 3 is 2.71 bits per heavy atom. The first kappa shape index (κ1) is 16.6. The van der Waals surface area contributed by atoms with Crippen molar-refractivity contribution >= 4 is 5.91 Å². The molecule has 1 N–H and O–H groups in total. The molecule has 3 rings (SSSR count). The Kier molecular flexibility index (Phi) is 4.93. The first-order valence-electron chi connectivity index (χ1n) is 8.68. The van der Waals surface area contributed by atoms with E-state index in [1.165, 1.54) is 29.8 Å². The summed E-state index contributed by atoms with van der Waals surface area (Å²) in [6, 6.07) is 10.7. The van der Waals surface area contributed by atoms with E-state index < -0.39 is 0 Å². The van der Waals surface area contributed by atoms with Gasteiger partial charge < -0.3 is 14.6 Å². The minimum absolute atomic E-state index is 0.0615. The lowest BCUT2D eigenvalue weighted by molar-refractivity contribution is -0.123. The fraction of sp³-hybridized carbons (Fsp3) is 0.450. The molecule has 0 spiro atoms. The summed E-state index contributed by atoms with van der Waals surface area (Å²) in [4.78, 5) is 12.0. The van der Waals surface area contributed by atoms with E-state index in [0.717, 1.165) is 17.7 Å². The predicted octanol–water partition coefficient (Wildman–Crippen LogP) is 3.49. The number of hydrogen-bond acceptors (Lipinski definition) is 2. The van der Waals surface area contributed by atoms with Gasteiger partial charge in [0.25, 0.3) is 5.91 Å². The third-order valence-electron chi connectivity index (χ3n) is 4.67. The molecule has 4 heteroatoms. The van der Waals surface area contributed by atoms with Crippen molar-refractivity contribution in [2.45, 2.75) is 46.1 Å². The third kappa shape index (κ3) is 3.81. The molecule has 0 aliphatic heterocycles. The Bertz CT molecular complexity index is 729. The van der Waals surface area contributed by atoms with Gasteiger partial charge in [-0.25, -0.2) is 0 Å². The molecule has 0 atom stereocenters. The molecule has 1 saturated carbocycles. The van der Waals surface area contributed by atoms with Gasteiger partial charge in [-0.05, 0) is 63.3 Å².